The van der Waals surface area contributed by atoms with Crippen molar-refractivity contribution < 1.29 is 19.0 Å². The number of nitro groups is 2. The van der Waals surface area contributed by atoms with Crippen molar-refractivity contribution in [2.75, 3.05) is 0 Å². The Labute approximate surface area is 105 Å². The molecule has 19 heavy (non-hydrogen) atoms. The molecule has 0 heterocycles. The van der Waals surface area contributed by atoms with Gasteiger partial charge in [0.1, 0.15) is 6.17 Å². The van der Waals surface area contributed by atoms with Gasteiger partial charge in [-0.2, -0.15) is 0 Å². The van der Waals surface area contributed by atoms with E-state index in [0.717, 1.165) is 18.2 Å². The molecule has 8 nitrogen and oxygen atoms in total. The molecule has 1 aliphatic carbocycles. The van der Waals surface area contributed by atoms with Gasteiger partial charge in [0, 0.05) is 18.6 Å². The number of nitro benzene ring substituents is 2. The van der Waals surface area contributed by atoms with Crippen LogP contribution in [0.15, 0.2) is 18.2 Å². The fraction of sp³-hybridized carbons (Fsp3) is 0.300. The van der Waals surface area contributed by atoms with E-state index in [1.54, 1.807) is 0 Å². The molecule has 100 valence electrons. The summed E-state index contributed by atoms with van der Waals surface area (Å²) < 4.78 is 12.6. The molecular formula is C10H8FN3O5. The summed E-state index contributed by atoms with van der Waals surface area (Å²) >= 11 is 0. The van der Waals surface area contributed by atoms with Crippen LogP contribution in [0.4, 0.5) is 15.8 Å². The lowest BCUT2D eigenvalue weighted by Gasteiger charge is -2.03. The molecule has 9 heteroatoms. The van der Waals surface area contributed by atoms with Gasteiger partial charge in [-0.05, 0) is 0 Å². The highest BCUT2D eigenvalue weighted by Crippen LogP contribution is 2.27. The number of hydrogen-bond donors (Lipinski definition) is 1. The monoisotopic (exact) mass is 269 g/mol. The maximum absolute atomic E-state index is 12.6. The van der Waals surface area contributed by atoms with Crippen LogP contribution in [0.1, 0.15) is 16.8 Å². The number of nitrogens with one attached hydrogen (secondary N) is 1. The summed E-state index contributed by atoms with van der Waals surface area (Å²) in [4.78, 5) is 31.3. The normalized spacial score (nSPS) is 20.7. The van der Waals surface area contributed by atoms with Crippen LogP contribution in [-0.2, 0) is 0 Å². The number of non-ortho nitro benzene ring substituents is 2. The van der Waals surface area contributed by atoms with Gasteiger partial charge in [0.25, 0.3) is 17.3 Å². The van der Waals surface area contributed by atoms with Crippen LogP contribution in [0.5, 0.6) is 0 Å². The minimum Gasteiger partial charge on any atom is -0.346 e. The topological polar surface area (TPSA) is 115 Å². The number of benzene rings is 1. The molecule has 0 saturated heterocycles. The Hall–Kier alpha value is -2.58. The minimum atomic E-state index is -1.13. The molecule has 1 amide bonds. The van der Waals surface area contributed by atoms with Crippen molar-refractivity contribution in [1.82, 2.24) is 5.32 Å². The van der Waals surface area contributed by atoms with Crippen LogP contribution < -0.4 is 5.32 Å². The third kappa shape index (κ3) is 2.81. The van der Waals surface area contributed by atoms with E-state index in [0.29, 0.717) is 0 Å². The number of carbonyl (C=O) groups excluding carboxylic acids is 1. The second-order valence-electron chi connectivity index (χ2n) is 4.08. The number of rotatable bonds is 4. The first-order valence-corrected chi connectivity index (χ1v) is 5.27. The summed E-state index contributed by atoms with van der Waals surface area (Å²) in [5.41, 5.74) is -1.36. The van der Waals surface area contributed by atoms with Gasteiger partial charge in [-0.15, -0.1) is 0 Å². The predicted molar refractivity (Wildman–Crippen MR) is 60.5 cm³/mol. The summed E-state index contributed by atoms with van der Waals surface area (Å²) in [6.45, 7) is 0. The molecule has 0 aromatic heterocycles. The zero-order chi connectivity index (χ0) is 14.2. The molecule has 2 atom stereocenters. The van der Waals surface area contributed by atoms with E-state index in [4.69, 9.17) is 0 Å². The number of nitrogens with zero attached hydrogens (tertiary/aromatic N) is 2. The first-order valence-electron chi connectivity index (χ1n) is 5.27. The Morgan fingerprint density at radius 3 is 2.05 bits per heavy atom. The quantitative estimate of drug-likeness (QED) is 0.654. The van der Waals surface area contributed by atoms with E-state index in [1.165, 1.54) is 0 Å². The second kappa shape index (κ2) is 4.59. The van der Waals surface area contributed by atoms with Crippen molar-refractivity contribution in [3.05, 3.63) is 44.0 Å². The summed E-state index contributed by atoms with van der Waals surface area (Å²) in [7, 11) is 0. The molecule has 1 saturated carbocycles. The Bertz CT molecular complexity index is 544. The Balaban J connectivity index is 2.30. The van der Waals surface area contributed by atoms with Crippen LogP contribution in [-0.4, -0.2) is 28.0 Å². The van der Waals surface area contributed by atoms with Crippen molar-refractivity contribution in [1.29, 1.82) is 0 Å². The lowest BCUT2D eigenvalue weighted by Crippen LogP contribution is -2.27. The summed E-state index contributed by atoms with van der Waals surface area (Å²) in [5, 5.41) is 23.5. The maximum Gasteiger partial charge on any atom is 0.277 e. The SMILES string of the molecule is O=C(N[C@@H]1C[C@@H]1F)c1cc([N+](=O)[O-])cc([N+](=O)[O-])c1. The molecule has 2 rings (SSSR count). The molecule has 0 radical (unpaired) electrons. The standard InChI is InChI=1S/C10H8FN3O5/c11-8-4-9(8)12-10(15)5-1-6(13(16)17)3-7(2-5)14(18)19/h1-3,8-9H,4H2,(H,12,15)/t8-,9+/m0/s1. The van der Waals surface area contributed by atoms with Crippen LogP contribution in [0.2, 0.25) is 0 Å². The number of alkyl halides is 1. The first kappa shape index (κ1) is 12.9. The fourth-order valence-electron chi connectivity index (χ4n) is 1.50. The summed E-state index contributed by atoms with van der Waals surface area (Å²) in [5.74, 6) is -0.767. The van der Waals surface area contributed by atoms with Gasteiger partial charge < -0.3 is 5.32 Å². The summed E-state index contributed by atoms with van der Waals surface area (Å²) in [6, 6.07) is 1.97. The van der Waals surface area contributed by atoms with Crippen molar-refractivity contribution in [3.8, 4) is 0 Å². The van der Waals surface area contributed by atoms with Crippen LogP contribution in [0, 0.1) is 20.2 Å². The highest BCUT2D eigenvalue weighted by molar-refractivity contribution is 5.96. The summed E-state index contributed by atoms with van der Waals surface area (Å²) in [6.07, 6.45) is -0.944. The van der Waals surface area contributed by atoms with Gasteiger partial charge >= 0.3 is 0 Å². The molecule has 1 aliphatic rings. The van der Waals surface area contributed by atoms with E-state index in [2.05, 4.69) is 5.32 Å². The molecule has 1 aromatic rings. The molecular weight excluding hydrogens is 261 g/mol. The Morgan fingerprint density at radius 1 is 1.21 bits per heavy atom. The number of hydrogen-bond acceptors (Lipinski definition) is 5. The van der Waals surface area contributed by atoms with Crippen molar-refractivity contribution in [3.63, 3.8) is 0 Å². The van der Waals surface area contributed by atoms with Crippen LogP contribution in [0.25, 0.3) is 0 Å². The zero-order valence-corrected chi connectivity index (χ0v) is 9.41. The van der Waals surface area contributed by atoms with E-state index in [1.807, 2.05) is 0 Å². The third-order valence-electron chi connectivity index (χ3n) is 2.62. The molecule has 0 bridgehead atoms. The maximum atomic E-state index is 12.6. The lowest BCUT2D eigenvalue weighted by molar-refractivity contribution is -0.394. The van der Waals surface area contributed by atoms with Crippen molar-refractivity contribution in [2.45, 2.75) is 18.6 Å². The zero-order valence-electron chi connectivity index (χ0n) is 9.41. The van der Waals surface area contributed by atoms with E-state index >= 15 is 0 Å². The highest BCUT2D eigenvalue weighted by atomic mass is 19.1. The van der Waals surface area contributed by atoms with Gasteiger partial charge in [-0.25, -0.2) is 4.39 Å². The van der Waals surface area contributed by atoms with Gasteiger partial charge in [0.2, 0.25) is 0 Å². The Kier molecular flexibility index (Phi) is 3.11. The van der Waals surface area contributed by atoms with Crippen molar-refractivity contribution in [2.24, 2.45) is 0 Å². The predicted octanol–water partition coefficient (Wildman–Crippen LogP) is 1.34. The van der Waals surface area contributed by atoms with E-state index in [9.17, 15) is 29.4 Å². The fourth-order valence-corrected chi connectivity index (χ4v) is 1.50. The van der Waals surface area contributed by atoms with Crippen LogP contribution >= 0.6 is 0 Å². The number of carbonyl (C=O) groups is 1. The lowest BCUT2D eigenvalue weighted by atomic mass is 10.1. The first-order chi connectivity index (χ1) is 8.88. The number of halogens is 1. The third-order valence-corrected chi connectivity index (χ3v) is 2.62. The molecule has 0 spiro atoms. The molecule has 0 aliphatic heterocycles. The largest absolute Gasteiger partial charge is 0.346 e. The molecule has 1 aromatic carbocycles. The Morgan fingerprint density at radius 2 is 1.68 bits per heavy atom. The van der Waals surface area contributed by atoms with Gasteiger partial charge in [-0.3, -0.25) is 25.0 Å². The molecule has 0 unspecified atom stereocenters. The molecule has 1 N–H and O–H groups in total. The van der Waals surface area contributed by atoms with E-state index in [-0.39, 0.29) is 12.0 Å². The molecule has 1 fully saturated rings. The van der Waals surface area contributed by atoms with Gasteiger partial charge in [0.15, 0.2) is 0 Å². The van der Waals surface area contributed by atoms with Gasteiger partial charge in [-0.1, -0.05) is 0 Å². The second-order valence-corrected chi connectivity index (χ2v) is 4.08. The average Bonchev–Trinajstić information content (AvgIpc) is 3.04. The number of amides is 1. The van der Waals surface area contributed by atoms with Gasteiger partial charge in [0.05, 0.1) is 27.5 Å². The smallest absolute Gasteiger partial charge is 0.277 e. The van der Waals surface area contributed by atoms with Crippen molar-refractivity contribution >= 4 is 17.3 Å². The highest BCUT2D eigenvalue weighted by Gasteiger charge is 2.39. The minimum absolute atomic E-state index is 0.183. The van der Waals surface area contributed by atoms with E-state index < -0.39 is 39.3 Å². The average molecular weight is 269 g/mol. The van der Waals surface area contributed by atoms with Crippen LogP contribution in [0.3, 0.4) is 0 Å².